The Balaban J connectivity index is 2.94. The van der Waals surface area contributed by atoms with Crippen LogP contribution in [0.15, 0.2) is 0 Å². The maximum Gasteiger partial charge on any atom is 0.319 e. The molecular weight excluding hydrogens is 192 g/mol. The van der Waals surface area contributed by atoms with Crippen LogP contribution in [0.3, 0.4) is 0 Å². The first-order chi connectivity index (χ1) is 7.04. The Morgan fingerprint density at radius 3 is 2.07 bits per heavy atom. The van der Waals surface area contributed by atoms with Crippen LogP contribution in [0.5, 0.6) is 0 Å². The molecule has 0 aromatic carbocycles. The molecule has 0 bridgehead atoms. The molecule has 3 heteroatoms. The molecule has 0 heterocycles. The number of carbonyl (C=O) groups excluding carboxylic acids is 2. The first-order valence-corrected chi connectivity index (χ1v) is 5.67. The lowest BCUT2D eigenvalue weighted by Gasteiger charge is -2.34. The van der Waals surface area contributed by atoms with Crippen LogP contribution < -0.4 is 0 Å². The van der Waals surface area contributed by atoms with Crippen LogP contribution in [0.4, 0.5) is 0 Å². The van der Waals surface area contributed by atoms with Crippen LogP contribution in [0.1, 0.15) is 46.0 Å². The number of ether oxygens (including phenoxy) is 1. The van der Waals surface area contributed by atoms with Gasteiger partial charge in [0.1, 0.15) is 5.41 Å². The van der Waals surface area contributed by atoms with Crippen molar-refractivity contribution in [3.8, 4) is 0 Å². The highest BCUT2D eigenvalue weighted by Gasteiger charge is 2.47. The maximum atomic E-state index is 12.1. The number of hydrogen-bond donors (Lipinski definition) is 0. The van der Waals surface area contributed by atoms with Gasteiger partial charge in [-0.2, -0.15) is 0 Å². The zero-order valence-electron chi connectivity index (χ0n) is 9.84. The summed E-state index contributed by atoms with van der Waals surface area (Å²) in [5.74, 6) is -0.378. The molecule has 0 amide bonds. The van der Waals surface area contributed by atoms with E-state index in [4.69, 9.17) is 4.74 Å². The summed E-state index contributed by atoms with van der Waals surface area (Å²) >= 11 is 0. The summed E-state index contributed by atoms with van der Waals surface area (Å²) in [4.78, 5) is 23.9. The van der Waals surface area contributed by atoms with Crippen molar-refractivity contribution < 1.29 is 14.3 Å². The van der Waals surface area contributed by atoms with Crippen molar-refractivity contribution in [1.29, 1.82) is 0 Å². The van der Waals surface area contributed by atoms with Gasteiger partial charge < -0.3 is 4.74 Å². The summed E-state index contributed by atoms with van der Waals surface area (Å²) in [5, 5.41) is 0. The van der Waals surface area contributed by atoms with Gasteiger partial charge >= 0.3 is 5.97 Å². The van der Waals surface area contributed by atoms with Gasteiger partial charge in [-0.3, -0.25) is 9.59 Å². The zero-order chi connectivity index (χ0) is 11.5. The lowest BCUT2D eigenvalue weighted by atomic mass is 9.68. The van der Waals surface area contributed by atoms with E-state index >= 15 is 0 Å². The quantitative estimate of drug-likeness (QED) is 0.532. The fourth-order valence-corrected chi connectivity index (χ4v) is 2.45. The second-order valence-corrected chi connectivity index (χ2v) is 4.65. The van der Waals surface area contributed by atoms with E-state index in [2.05, 4.69) is 0 Å². The number of methoxy groups -OCH3 is 1. The predicted molar refractivity (Wildman–Crippen MR) is 57.4 cm³/mol. The van der Waals surface area contributed by atoms with E-state index in [0.717, 1.165) is 19.3 Å². The van der Waals surface area contributed by atoms with E-state index in [0.29, 0.717) is 12.8 Å². The van der Waals surface area contributed by atoms with Gasteiger partial charge in [0, 0.05) is 5.92 Å². The van der Waals surface area contributed by atoms with E-state index in [-0.39, 0.29) is 17.7 Å². The highest BCUT2D eigenvalue weighted by atomic mass is 16.5. The normalized spacial score (nSPS) is 20.0. The number of rotatable bonds is 3. The third kappa shape index (κ3) is 2.21. The molecule has 0 N–H and O–H groups in total. The lowest BCUT2D eigenvalue weighted by Crippen LogP contribution is -2.44. The van der Waals surface area contributed by atoms with Crippen molar-refractivity contribution in [2.75, 3.05) is 7.11 Å². The molecule has 1 fully saturated rings. The van der Waals surface area contributed by atoms with Crippen molar-refractivity contribution >= 4 is 11.8 Å². The lowest BCUT2D eigenvalue weighted by molar-refractivity contribution is -0.161. The average Bonchev–Trinajstić information content (AvgIpc) is 2.27. The first-order valence-electron chi connectivity index (χ1n) is 5.67. The standard InChI is InChI=1S/C12H20O3/c1-9(2)10(13)12(11(14)15-3)7-5-4-6-8-12/h9H,4-8H2,1-3H3. The van der Waals surface area contributed by atoms with Crippen LogP contribution >= 0.6 is 0 Å². The van der Waals surface area contributed by atoms with Crippen molar-refractivity contribution in [2.45, 2.75) is 46.0 Å². The van der Waals surface area contributed by atoms with E-state index in [1.165, 1.54) is 7.11 Å². The molecule has 0 aliphatic heterocycles. The molecule has 0 aromatic heterocycles. The second-order valence-electron chi connectivity index (χ2n) is 4.65. The van der Waals surface area contributed by atoms with Gasteiger partial charge in [0.2, 0.25) is 0 Å². The highest BCUT2D eigenvalue weighted by molar-refractivity contribution is 6.04. The summed E-state index contributed by atoms with van der Waals surface area (Å²) < 4.78 is 4.80. The number of esters is 1. The Hall–Kier alpha value is -0.860. The van der Waals surface area contributed by atoms with Gasteiger partial charge in [-0.1, -0.05) is 33.1 Å². The highest BCUT2D eigenvalue weighted by Crippen LogP contribution is 2.40. The van der Waals surface area contributed by atoms with E-state index in [1.807, 2.05) is 13.8 Å². The van der Waals surface area contributed by atoms with Crippen LogP contribution in [-0.4, -0.2) is 18.9 Å². The topological polar surface area (TPSA) is 43.4 Å². The molecular formula is C12H20O3. The van der Waals surface area contributed by atoms with E-state index in [1.54, 1.807) is 0 Å². The molecule has 0 aromatic rings. The molecule has 3 nitrogen and oxygen atoms in total. The van der Waals surface area contributed by atoms with Crippen LogP contribution in [0.2, 0.25) is 0 Å². The number of carbonyl (C=O) groups is 2. The Kier molecular flexibility index (Phi) is 3.89. The number of Topliss-reactive ketones (excluding diaryl/α,β-unsaturated/α-hetero) is 1. The zero-order valence-corrected chi connectivity index (χ0v) is 9.84. The van der Waals surface area contributed by atoms with Gasteiger partial charge in [-0.25, -0.2) is 0 Å². The first kappa shape index (κ1) is 12.2. The minimum absolute atomic E-state index is 0.0500. The molecule has 0 spiro atoms. The summed E-state index contributed by atoms with van der Waals surface area (Å²) in [6.45, 7) is 3.70. The predicted octanol–water partition coefficient (Wildman–Crippen LogP) is 2.33. The van der Waals surface area contributed by atoms with Crippen LogP contribution in [0, 0.1) is 11.3 Å². The minimum atomic E-state index is -0.832. The molecule has 0 unspecified atom stereocenters. The van der Waals surface area contributed by atoms with Gasteiger partial charge in [0.15, 0.2) is 5.78 Å². The molecule has 86 valence electrons. The molecule has 1 aliphatic carbocycles. The summed E-state index contributed by atoms with van der Waals surface area (Å²) in [6.07, 6.45) is 4.35. The third-order valence-electron chi connectivity index (χ3n) is 3.28. The number of ketones is 1. The summed E-state index contributed by atoms with van der Waals surface area (Å²) in [7, 11) is 1.37. The van der Waals surface area contributed by atoms with Crippen molar-refractivity contribution in [1.82, 2.24) is 0 Å². The molecule has 1 aliphatic rings. The van der Waals surface area contributed by atoms with Gasteiger partial charge in [-0.15, -0.1) is 0 Å². The smallest absolute Gasteiger partial charge is 0.319 e. The van der Waals surface area contributed by atoms with Crippen molar-refractivity contribution in [2.24, 2.45) is 11.3 Å². The largest absolute Gasteiger partial charge is 0.468 e. The fourth-order valence-electron chi connectivity index (χ4n) is 2.45. The van der Waals surface area contributed by atoms with Gasteiger partial charge in [0.05, 0.1) is 7.11 Å². The Morgan fingerprint density at radius 1 is 1.13 bits per heavy atom. The van der Waals surface area contributed by atoms with E-state index in [9.17, 15) is 9.59 Å². The molecule has 1 rings (SSSR count). The molecule has 15 heavy (non-hydrogen) atoms. The molecule has 0 saturated heterocycles. The van der Waals surface area contributed by atoms with E-state index < -0.39 is 5.41 Å². The molecule has 1 saturated carbocycles. The molecule has 0 atom stereocenters. The van der Waals surface area contributed by atoms with Crippen LogP contribution in [-0.2, 0) is 14.3 Å². The maximum absolute atomic E-state index is 12.1. The third-order valence-corrected chi connectivity index (χ3v) is 3.28. The minimum Gasteiger partial charge on any atom is -0.468 e. The Labute approximate surface area is 91.2 Å². The van der Waals surface area contributed by atoms with Crippen molar-refractivity contribution in [3.05, 3.63) is 0 Å². The SMILES string of the molecule is COC(=O)C1(C(=O)C(C)C)CCCCC1. The van der Waals surface area contributed by atoms with Gasteiger partial charge in [0.25, 0.3) is 0 Å². The number of hydrogen-bond acceptors (Lipinski definition) is 3. The summed E-state index contributed by atoms with van der Waals surface area (Å²) in [5.41, 5.74) is -0.832. The second kappa shape index (κ2) is 4.77. The van der Waals surface area contributed by atoms with Gasteiger partial charge in [-0.05, 0) is 12.8 Å². The summed E-state index contributed by atoms with van der Waals surface area (Å²) in [6, 6.07) is 0. The monoisotopic (exact) mass is 212 g/mol. The van der Waals surface area contributed by atoms with Crippen LogP contribution in [0.25, 0.3) is 0 Å². The average molecular weight is 212 g/mol. The molecule has 0 radical (unpaired) electrons. The Morgan fingerprint density at radius 2 is 1.67 bits per heavy atom. The fraction of sp³-hybridized carbons (Fsp3) is 0.833. The van der Waals surface area contributed by atoms with Crippen molar-refractivity contribution in [3.63, 3.8) is 0 Å². The Bertz CT molecular complexity index is 250.